The van der Waals surface area contributed by atoms with Crippen molar-refractivity contribution in [3.8, 4) is 0 Å². The third-order valence-electron chi connectivity index (χ3n) is 4.95. The second-order valence-corrected chi connectivity index (χ2v) is 6.65. The zero-order valence-electron chi connectivity index (χ0n) is 14.8. The highest BCUT2D eigenvalue weighted by molar-refractivity contribution is 5.99. The molecule has 4 aromatic rings. The van der Waals surface area contributed by atoms with E-state index in [4.69, 9.17) is 4.42 Å². The molecule has 6 heteroatoms. The number of fused-ring (bicyclic) bond motifs is 2. The van der Waals surface area contributed by atoms with Crippen LogP contribution in [0, 0.1) is 0 Å². The van der Waals surface area contributed by atoms with Crippen molar-refractivity contribution in [2.75, 3.05) is 0 Å². The molecule has 6 nitrogen and oxygen atoms in total. The highest BCUT2D eigenvalue weighted by Crippen LogP contribution is 2.38. The predicted molar refractivity (Wildman–Crippen MR) is 103 cm³/mol. The van der Waals surface area contributed by atoms with E-state index >= 15 is 0 Å². The maximum absolute atomic E-state index is 13.3. The topological polar surface area (TPSA) is 76.3 Å². The van der Waals surface area contributed by atoms with Crippen molar-refractivity contribution >= 4 is 16.9 Å². The van der Waals surface area contributed by atoms with Crippen LogP contribution in [0.25, 0.3) is 11.0 Å². The van der Waals surface area contributed by atoms with Gasteiger partial charge in [0, 0.05) is 31.3 Å². The summed E-state index contributed by atoms with van der Waals surface area (Å²) < 4.78 is 5.89. The van der Waals surface area contributed by atoms with Crippen LogP contribution in [-0.4, -0.2) is 20.8 Å². The third kappa shape index (κ3) is 2.50. The lowest BCUT2D eigenvalue weighted by molar-refractivity contribution is 0.0714. The van der Waals surface area contributed by atoms with E-state index in [0.29, 0.717) is 23.1 Å². The highest BCUT2D eigenvalue weighted by atomic mass is 16.3. The molecule has 0 spiro atoms. The van der Waals surface area contributed by atoms with E-state index in [9.17, 15) is 9.59 Å². The van der Waals surface area contributed by atoms with Crippen molar-refractivity contribution in [1.29, 1.82) is 0 Å². The molecule has 0 saturated heterocycles. The Kier molecular flexibility index (Phi) is 3.76. The minimum Gasteiger partial charge on any atom is -0.450 e. The lowest BCUT2D eigenvalue weighted by atomic mass is 10.00. The zero-order chi connectivity index (χ0) is 19.1. The van der Waals surface area contributed by atoms with Crippen LogP contribution in [0.15, 0.2) is 82.5 Å². The number of hydrogen-bond acceptors (Lipinski definition) is 5. The quantitative estimate of drug-likeness (QED) is 0.554. The van der Waals surface area contributed by atoms with Crippen LogP contribution in [0.3, 0.4) is 0 Å². The molecule has 0 saturated carbocycles. The molecular weight excluding hydrogens is 354 g/mol. The standard InChI is InChI=1S/C22H15N3O3/c26-20-16-7-1-2-8-17(16)28-21-18(20)19(15-6-4-10-24-12-15)25(22(21)27)13-14-5-3-9-23-11-14/h1-12,19H,13H2/t19-/m0/s1. The molecule has 1 aliphatic heterocycles. The fourth-order valence-corrected chi connectivity index (χ4v) is 3.70. The minimum absolute atomic E-state index is 0.0986. The van der Waals surface area contributed by atoms with E-state index in [1.54, 1.807) is 60.0 Å². The van der Waals surface area contributed by atoms with E-state index < -0.39 is 6.04 Å². The number of pyridine rings is 2. The first-order valence-electron chi connectivity index (χ1n) is 8.89. The van der Waals surface area contributed by atoms with Crippen LogP contribution >= 0.6 is 0 Å². The van der Waals surface area contributed by atoms with E-state index in [-0.39, 0.29) is 17.1 Å². The summed E-state index contributed by atoms with van der Waals surface area (Å²) in [4.78, 5) is 36.5. The van der Waals surface area contributed by atoms with Gasteiger partial charge in [-0.1, -0.05) is 24.3 Å². The fourth-order valence-electron chi connectivity index (χ4n) is 3.70. The molecule has 0 unspecified atom stereocenters. The van der Waals surface area contributed by atoms with Gasteiger partial charge in [0.05, 0.1) is 17.0 Å². The molecular formula is C22H15N3O3. The molecule has 0 radical (unpaired) electrons. The number of benzene rings is 1. The van der Waals surface area contributed by atoms with Gasteiger partial charge in [-0.25, -0.2) is 0 Å². The fraction of sp³-hybridized carbons (Fsp3) is 0.0909. The lowest BCUT2D eigenvalue weighted by Crippen LogP contribution is -2.29. The third-order valence-corrected chi connectivity index (χ3v) is 4.95. The average molecular weight is 369 g/mol. The molecule has 5 rings (SSSR count). The number of carbonyl (C=O) groups excluding carboxylic acids is 1. The van der Waals surface area contributed by atoms with Crippen LogP contribution in [0.5, 0.6) is 0 Å². The monoisotopic (exact) mass is 369 g/mol. The van der Waals surface area contributed by atoms with Gasteiger partial charge in [0.15, 0.2) is 5.43 Å². The number of para-hydroxylation sites is 1. The van der Waals surface area contributed by atoms with E-state index in [0.717, 1.165) is 11.1 Å². The summed E-state index contributed by atoms with van der Waals surface area (Å²) >= 11 is 0. The maximum Gasteiger partial charge on any atom is 0.291 e. The largest absolute Gasteiger partial charge is 0.450 e. The van der Waals surface area contributed by atoms with E-state index in [2.05, 4.69) is 9.97 Å². The summed E-state index contributed by atoms with van der Waals surface area (Å²) in [6, 6.07) is 13.8. The molecule has 1 atom stereocenters. The number of carbonyl (C=O) groups is 1. The SMILES string of the molecule is O=C1c2oc3ccccc3c(=O)c2[C@H](c2cccnc2)N1Cc1cccnc1. The molecule has 0 N–H and O–H groups in total. The molecule has 0 fully saturated rings. The lowest BCUT2D eigenvalue weighted by Gasteiger charge is -2.24. The molecule has 1 amide bonds. The number of rotatable bonds is 3. The summed E-state index contributed by atoms with van der Waals surface area (Å²) in [5.74, 6) is -0.211. The summed E-state index contributed by atoms with van der Waals surface area (Å²) in [5, 5.41) is 0.464. The van der Waals surface area contributed by atoms with Crippen LogP contribution in [0.2, 0.25) is 0 Å². The Hall–Kier alpha value is -3.80. The highest BCUT2D eigenvalue weighted by Gasteiger charge is 2.42. The molecule has 1 aliphatic rings. The van der Waals surface area contributed by atoms with Crippen molar-refractivity contribution < 1.29 is 9.21 Å². The normalized spacial score (nSPS) is 15.8. The maximum atomic E-state index is 13.3. The van der Waals surface area contributed by atoms with Gasteiger partial charge in [0.1, 0.15) is 5.58 Å². The van der Waals surface area contributed by atoms with Crippen molar-refractivity contribution in [2.45, 2.75) is 12.6 Å². The van der Waals surface area contributed by atoms with Crippen molar-refractivity contribution in [3.05, 3.63) is 106 Å². The molecule has 0 bridgehead atoms. The smallest absolute Gasteiger partial charge is 0.291 e. The van der Waals surface area contributed by atoms with Gasteiger partial charge in [-0.15, -0.1) is 0 Å². The molecule has 3 aromatic heterocycles. The van der Waals surface area contributed by atoms with Crippen molar-refractivity contribution in [1.82, 2.24) is 14.9 Å². The summed E-state index contributed by atoms with van der Waals surface area (Å²) in [5.41, 5.74) is 2.22. The average Bonchev–Trinajstić information content (AvgIpc) is 3.02. The summed E-state index contributed by atoms with van der Waals surface area (Å²) in [6.07, 6.45) is 6.73. The number of aromatic nitrogens is 2. The van der Waals surface area contributed by atoms with Gasteiger partial charge >= 0.3 is 0 Å². The van der Waals surface area contributed by atoms with Gasteiger partial charge in [0.25, 0.3) is 5.91 Å². The zero-order valence-corrected chi connectivity index (χ0v) is 14.8. The van der Waals surface area contributed by atoms with Crippen molar-refractivity contribution in [2.24, 2.45) is 0 Å². The van der Waals surface area contributed by atoms with Crippen LogP contribution < -0.4 is 5.43 Å². The second-order valence-electron chi connectivity index (χ2n) is 6.65. The number of nitrogens with zero attached hydrogens (tertiary/aromatic N) is 3. The molecule has 28 heavy (non-hydrogen) atoms. The molecule has 4 heterocycles. The number of amides is 1. The van der Waals surface area contributed by atoms with Crippen LogP contribution in [0.4, 0.5) is 0 Å². The Morgan fingerprint density at radius 1 is 0.929 bits per heavy atom. The van der Waals surface area contributed by atoms with Crippen molar-refractivity contribution in [3.63, 3.8) is 0 Å². The van der Waals surface area contributed by atoms with Gasteiger partial charge in [-0.2, -0.15) is 0 Å². The predicted octanol–water partition coefficient (Wildman–Crippen LogP) is 3.33. The van der Waals surface area contributed by atoms with E-state index in [1.807, 2.05) is 18.2 Å². The Morgan fingerprint density at radius 3 is 2.46 bits per heavy atom. The summed E-state index contributed by atoms with van der Waals surface area (Å²) in [6.45, 7) is 0.312. The first kappa shape index (κ1) is 16.4. The Balaban J connectivity index is 1.74. The van der Waals surface area contributed by atoms with Crippen LogP contribution in [0.1, 0.15) is 33.3 Å². The molecule has 1 aromatic carbocycles. The first-order chi connectivity index (χ1) is 13.7. The Bertz CT molecular complexity index is 1240. The van der Waals surface area contributed by atoms with Gasteiger partial charge < -0.3 is 9.32 Å². The summed E-state index contributed by atoms with van der Waals surface area (Å²) in [7, 11) is 0. The van der Waals surface area contributed by atoms with Gasteiger partial charge in [-0.3, -0.25) is 19.6 Å². The second kappa shape index (κ2) is 6.42. The van der Waals surface area contributed by atoms with E-state index in [1.165, 1.54) is 0 Å². The minimum atomic E-state index is -0.558. The molecule has 0 aliphatic carbocycles. The number of hydrogen-bond donors (Lipinski definition) is 0. The first-order valence-corrected chi connectivity index (χ1v) is 8.89. The Labute approximate surface area is 160 Å². The van der Waals surface area contributed by atoms with Gasteiger partial charge in [-0.05, 0) is 35.4 Å². The van der Waals surface area contributed by atoms with Crippen LogP contribution in [-0.2, 0) is 6.54 Å². The molecule has 136 valence electrons. The Morgan fingerprint density at radius 2 is 1.71 bits per heavy atom. The van der Waals surface area contributed by atoms with Gasteiger partial charge in [0.2, 0.25) is 5.76 Å².